The van der Waals surface area contributed by atoms with Crippen LogP contribution < -0.4 is 14.8 Å². The van der Waals surface area contributed by atoms with Gasteiger partial charge in [0.25, 0.3) is 0 Å². The van der Waals surface area contributed by atoms with E-state index in [2.05, 4.69) is 17.4 Å². The molecule has 3 nitrogen and oxygen atoms in total. The van der Waals surface area contributed by atoms with E-state index in [1.807, 2.05) is 18.4 Å². The summed E-state index contributed by atoms with van der Waals surface area (Å²) in [7, 11) is 2.01. The van der Waals surface area contributed by atoms with Crippen molar-refractivity contribution in [2.24, 2.45) is 0 Å². The second kappa shape index (κ2) is 4.39. The topological polar surface area (TPSA) is 30.5 Å². The van der Waals surface area contributed by atoms with E-state index in [1.165, 1.54) is 27.8 Å². The molecule has 1 aromatic carbocycles. The third-order valence-corrected chi connectivity index (χ3v) is 4.96. The minimum Gasteiger partial charge on any atom is -0.486 e. The Morgan fingerprint density at radius 2 is 1.95 bits per heavy atom. The summed E-state index contributed by atoms with van der Waals surface area (Å²) in [5.41, 5.74) is 1.55. The van der Waals surface area contributed by atoms with Crippen LogP contribution in [-0.4, -0.2) is 20.3 Å². The van der Waals surface area contributed by atoms with Crippen LogP contribution in [0.4, 0.5) is 0 Å². The minimum atomic E-state index is 0.655. The second-order valence-electron chi connectivity index (χ2n) is 5.24. The number of hydrogen-bond acceptors (Lipinski definition) is 4. The van der Waals surface area contributed by atoms with Crippen molar-refractivity contribution in [2.75, 3.05) is 20.3 Å². The average Bonchev–Trinajstić information content (AvgIpc) is 3.19. The Bertz CT molecular complexity index is 631. The molecule has 0 unspecified atom stereocenters. The molecule has 2 aliphatic rings. The SMILES string of the molecule is CNCc1sc2cc3c(cc2c1C1CC1)OCCO3. The smallest absolute Gasteiger partial charge is 0.162 e. The summed E-state index contributed by atoms with van der Waals surface area (Å²) < 4.78 is 12.7. The van der Waals surface area contributed by atoms with Crippen LogP contribution in [0, 0.1) is 0 Å². The fourth-order valence-electron chi connectivity index (χ4n) is 2.81. The molecule has 2 heterocycles. The Morgan fingerprint density at radius 3 is 2.63 bits per heavy atom. The van der Waals surface area contributed by atoms with Gasteiger partial charge in [-0.25, -0.2) is 0 Å². The zero-order valence-corrected chi connectivity index (χ0v) is 11.8. The summed E-state index contributed by atoms with van der Waals surface area (Å²) in [5, 5.41) is 4.66. The van der Waals surface area contributed by atoms with Gasteiger partial charge in [-0.2, -0.15) is 0 Å². The van der Waals surface area contributed by atoms with Crippen LogP contribution in [0.1, 0.15) is 29.2 Å². The summed E-state index contributed by atoms with van der Waals surface area (Å²) in [6.45, 7) is 2.27. The average molecular weight is 275 g/mol. The van der Waals surface area contributed by atoms with Crippen LogP contribution in [0.15, 0.2) is 12.1 Å². The van der Waals surface area contributed by atoms with E-state index in [-0.39, 0.29) is 0 Å². The molecule has 19 heavy (non-hydrogen) atoms. The van der Waals surface area contributed by atoms with Gasteiger partial charge in [-0.1, -0.05) is 0 Å². The molecule has 0 spiro atoms. The largest absolute Gasteiger partial charge is 0.486 e. The molecule has 4 heteroatoms. The molecular weight excluding hydrogens is 258 g/mol. The van der Waals surface area contributed by atoms with Gasteiger partial charge in [0, 0.05) is 27.6 Å². The number of benzene rings is 1. The molecule has 1 aromatic heterocycles. The third-order valence-electron chi connectivity index (χ3n) is 3.79. The summed E-state index contributed by atoms with van der Waals surface area (Å²) in [6.07, 6.45) is 2.66. The highest BCUT2D eigenvalue weighted by Crippen LogP contribution is 2.50. The molecule has 0 bridgehead atoms. The molecule has 0 radical (unpaired) electrons. The zero-order valence-electron chi connectivity index (χ0n) is 11.0. The number of nitrogens with one attached hydrogen (secondary N) is 1. The van der Waals surface area contributed by atoms with Crippen molar-refractivity contribution >= 4 is 21.4 Å². The maximum absolute atomic E-state index is 5.72. The van der Waals surface area contributed by atoms with E-state index in [1.54, 1.807) is 5.56 Å². The molecule has 0 atom stereocenters. The molecule has 0 saturated heterocycles. The lowest BCUT2D eigenvalue weighted by Crippen LogP contribution is -2.15. The zero-order chi connectivity index (χ0) is 12.8. The van der Waals surface area contributed by atoms with Gasteiger partial charge in [0.05, 0.1) is 0 Å². The van der Waals surface area contributed by atoms with E-state index >= 15 is 0 Å². The first kappa shape index (κ1) is 11.6. The standard InChI is InChI=1S/C15H17NO2S/c1-16-8-14-15(9-2-3-9)10-6-11-12(7-13(10)19-14)18-5-4-17-11/h6-7,9,16H,2-5,8H2,1H3. The van der Waals surface area contributed by atoms with E-state index < -0.39 is 0 Å². The van der Waals surface area contributed by atoms with Gasteiger partial charge in [0.1, 0.15) is 13.2 Å². The molecule has 1 aliphatic carbocycles. The molecular formula is C15H17NO2S. The van der Waals surface area contributed by atoms with Crippen LogP contribution in [0.3, 0.4) is 0 Å². The molecule has 1 aliphatic heterocycles. The summed E-state index contributed by atoms with van der Waals surface area (Å²) in [5.74, 6) is 2.58. The van der Waals surface area contributed by atoms with Crippen LogP contribution in [0.2, 0.25) is 0 Å². The van der Waals surface area contributed by atoms with Gasteiger partial charge in [0.15, 0.2) is 11.5 Å². The highest BCUT2D eigenvalue weighted by atomic mass is 32.1. The highest BCUT2D eigenvalue weighted by molar-refractivity contribution is 7.19. The molecule has 1 N–H and O–H groups in total. The van der Waals surface area contributed by atoms with Crippen LogP contribution in [0.25, 0.3) is 10.1 Å². The number of ether oxygens (including phenoxy) is 2. The minimum absolute atomic E-state index is 0.655. The number of hydrogen-bond donors (Lipinski definition) is 1. The Hall–Kier alpha value is -1.26. The maximum Gasteiger partial charge on any atom is 0.162 e. The van der Waals surface area contributed by atoms with E-state index in [4.69, 9.17) is 9.47 Å². The first-order valence-electron chi connectivity index (χ1n) is 6.86. The van der Waals surface area contributed by atoms with Crippen LogP contribution in [-0.2, 0) is 6.54 Å². The molecule has 1 fully saturated rings. The lowest BCUT2D eigenvalue weighted by molar-refractivity contribution is 0.172. The predicted octanol–water partition coefficient (Wildman–Crippen LogP) is 3.27. The van der Waals surface area contributed by atoms with Gasteiger partial charge >= 0.3 is 0 Å². The maximum atomic E-state index is 5.72. The van der Waals surface area contributed by atoms with Crippen molar-refractivity contribution < 1.29 is 9.47 Å². The summed E-state index contributed by atoms with van der Waals surface area (Å²) in [4.78, 5) is 1.47. The van der Waals surface area contributed by atoms with Gasteiger partial charge in [-0.05, 0) is 37.4 Å². The number of rotatable bonds is 3. The fourth-order valence-corrected chi connectivity index (χ4v) is 4.13. The summed E-state index contributed by atoms with van der Waals surface area (Å²) >= 11 is 1.89. The Balaban J connectivity index is 1.91. The van der Waals surface area contributed by atoms with Gasteiger partial charge < -0.3 is 14.8 Å². The van der Waals surface area contributed by atoms with E-state index in [9.17, 15) is 0 Å². The van der Waals surface area contributed by atoms with Crippen molar-refractivity contribution in [2.45, 2.75) is 25.3 Å². The van der Waals surface area contributed by atoms with Crippen molar-refractivity contribution in [3.8, 4) is 11.5 Å². The number of thiophene rings is 1. The van der Waals surface area contributed by atoms with Crippen molar-refractivity contribution in [1.29, 1.82) is 0 Å². The monoisotopic (exact) mass is 275 g/mol. The Labute approximate surface area is 116 Å². The van der Waals surface area contributed by atoms with Crippen LogP contribution in [0.5, 0.6) is 11.5 Å². The fraction of sp³-hybridized carbons (Fsp3) is 0.467. The van der Waals surface area contributed by atoms with Crippen molar-refractivity contribution in [3.63, 3.8) is 0 Å². The van der Waals surface area contributed by atoms with Crippen molar-refractivity contribution in [1.82, 2.24) is 5.32 Å². The molecule has 100 valence electrons. The first-order chi connectivity index (χ1) is 9.36. The first-order valence-corrected chi connectivity index (χ1v) is 7.68. The lowest BCUT2D eigenvalue weighted by atomic mass is 10.1. The normalized spacial score (nSPS) is 17.9. The predicted molar refractivity (Wildman–Crippen MR) is 77.6 cm³/mol. The lowest BCUT2D eigenvalue weighted by Gasteiger charge is -2.18. The third kappa shape index (κ3) is 1.90. The van der Waals surface area contributed by atoms with Gasteiger partial charge in [0.2, 0.25) is 0 Å². The quantitative estimate of drug-likeness (QED) is 0.932. The highest BCUT2D eigenvalue weighted by Gasteiger charge is 2.30. The van der Waals surface area contributed by atoms with Gasteiger partial charge in [-0.15, -0.1) is 11.3 Å². The Morgan fingerprint density at radius 1 is 1.21 bits per heavy atom. The van der Waals surface area contributed by atoms with E-state index in [0.717, 1.165) is 24.0 Å². The molecule has 4 rings (SSSR count). The Kier molecular flexibility index (Phi) is 2.67. The molecule has 2 aromatic rings. The van der Waals surface area contributed by atoms with Crippen molar-refractivity contribution in [3.05, 3.63) is 22.6 Å². The van der Waals surface area contributed by atoms with Crippen LogP contribution >= 0.6 is 11.3 Å². The number of fused-ring (bicyclic) bond motifs is 2. The van der Waals surface area contributed by atoms with E-state index in [0.29, 0.717) is 13.2 Å². The van der Waals surface area contributed by atoms with Gasteiger partial charge in [-0.3, -0.25) is 0 Å². The molecule has 1 saturated carbocycles. The second-order valence-corrected chi connectivity index (χ2v) is 6.37. The molecule has 0 amide bonds. The summed E-state index contributed by atoms with van der Waals surface area (Å²) in [6, 6.07) is 4.34.